The van der Waals surface area contributed by atoms with Crippen LogP contribution in [0.1, 0.15) is 35.9 Å². The monoisotopic (exact) mass is 416 g/mol. The molecule has 0 unspecified atom stereocenters. The summed E-state index contributed by atoms with van der Waals surface area (Å²) in [5.41, 5.74) is 1.54. The highest BCUT2D eigenvalue weighted by Gasteiger charge is 2.22. The van der Waals surface area contributed by atoms with Crippen molar-refractivity contribution in [3.8, 4) is 0 Å². The standard InChI is InChI=1S/C21H18Cl2N2O3/c1-12(16-9-8-15(22)11-17(16)23)24-20(26)13(2)28-21(27)19-10-7-14-5-3-4-6-18(14)25-19/h3-13H,1-2H3,(H,24,26)/t12-,13+/m1/s1. The Kier molecular flexibility index (Phi) is 6.17. The maximum atomic E-state index is 12.4. The van der Waals surface area contributed by atoms with Gasteiger partial charge in [-0.05, 0) is 43.7 Å². The van der Waals surface area contributed by atoms with E-state index in [0.717, 1.165) is 5.39 Å². The molecule has 0 radical (unpaired) electrons. The van der Waals surface area contributed by atoms with Gasteiger partial charge in [-0.2, -0.15) is 0 Å². The first-order valence-corrected chi connectivity index (χ1v) is 9.43. The van der Waals surface area contributed by atoms with Crippen molar-refractivity contribution in [3.63, 3.8) is 0 Å². The SMILES string of the molecule is C[C@H](OC(=O)c1ccc2ccccc2n1)C(=O)N[C@H](C)c1ccc(Cl)cc1Cl. The van der Waals surface area contributed by atoms with Gasteiger partial charge in [0.2, 0.25) is 0 Å². The van der Waals surface area contributed by atoms with Crippen molar-refractivity contribution in [2.75, 3.05) is 0 Å². The lowest BCUT2D eigenvalue weighted by Crippen LogP contribution is -2.37. The van der Waals surface area contributed by atoms with E-state index in [0.29, 0.717) is 21.1 Å². The predicted octanol–water partition coefficient (Wildman–Crippen LogP) is 4.96. The minimum atomic E-state index is -0.991. The number of carbonyl (C=O) groups excluding carboxylic acids is 2. The zero-order valence-electron chi connectivity index (χ0n) is 15.3. The number of carbonyl (C=O) groups is 2. The number of halogens is 2. The van der Waals surface area contributed by atoms with Gasteiger partial charge in [0.1, 0.15) is 5.69 Å². The summed E-state index contributed by atoms with van der Waals surface area (Å²) in [6.07, 6.45) is -0.991. The molecule has 0 saturated heterocycles. The number of nitrogens with one attached hydrogen (secondary N) is 1. The summed E-state index contributed by atoms with van der Waals surface area (Å²) in [6, 6.07) is 15.5. The Morgan fingerprint density at radius 3 is 2.54 bits per heavy atom. The first-order chi connectivity index (χ1) is 13.3. The highest BCUT2D eigenvalue weighted by atomic mass is 35.5. The fourth-order valence-electron chi connectivity index (χ4n) is 2.72. The molecule has 144 valence electrons. The van der Waals surface area contributed by atoms with Crippen LogP contribution in [0, 0.1) is 0 Å². The molecule has 1 amide bonds. The summed E-state index contributed by atoms with van der Waals surface area (Å²) in [5.74, 6) is -1.10. The van der Waals surface area contributed by atoms with E-state index >= 15 is 0 Å². The quantitative estimate of drug-likeness (QED) is 0.596. The zero-order chi connectivity index (χ0) is 20.3. The van der Waals surface area contributed by atoms with E-state index in [1.165, 1.54) is 6.92 Å². The normalized spacial score (nSPS) is 13.0. The Balaban J connectivity index is 1.64. The molecule has 0 saturated carbocycles. The molecule has 1 heterocycles. The number of amides is 1. The minimum Gasteiger partial charge on any atom is -0.448 e. The summed E-state index contributed by atoms with van der Waals surface area (Å²) in [6.45, 7) is 3.29. The van der Waals surface area contributed by atoms with Crippen LogP contribution < -0.4 is 5.32 Å². The second-order valence-corrected chi connectivity index (χ2v) is 7.18. The number of para-hydroxylation sites is 1. The summed E-state index contributed by atoms with van der Waals surface area (Å²) in [7, 11) is 0. The van der Waals surface area contributed by atoms with Gasteiger partial charge in [-0.15, -0.1) is 0 Å². The predicted molar refractivity (Wildman–Crippen MR) is 110 cm³/mol. The van der Waals surface area contributed by atoms with Crippen LogP contribution in [-0.2, 0) is 9.53 Å². The number of ether oxygens (including phenoxy) is 1. The Hall–Kier alpha value is -2.63. The van der Waals surface area contributed by atoms with Gasteiger partial charge in [0.15, 0.2) is 6.10 Å². The van der Waals surface area contributed by atoms with E-state index < -0.39 is 18.0 Å². The van der Waals surface area contributed by atoms with Gasteiger partial charge in [0.05, 0.1) is 11.6 Å². The molecule has 0 fully saturated rings. The van der Waals surface area contributed by atoms with Crippen molar-refractivity contribution in [2.45, 2.75) is 26.0 Å². The molecular weight excluding hydrogens is 399 g/mol. The van der Waals surface area contributed by atoms with E-state index in [9.17, 15) is 9.59 Å². The number of fused-ring (bicyclic) bond motifs is 1. The third-order valence-electron chi connectivity index (χ3n) is 4.25. The molecule has 0 aliphatic heterocycles. The molecule has 1 N–H and O–H groups in total. The Labute approximate surface area is 172 Å². The van der Waals surface area contributed by atoms with Crippen LogP contribution in [-0.4, -0.2) is 23.0 Å². The van der Waals surface area contributed by atoms with Crippen molar-refractivity contribution in [1.29, 1.82) is 0 Å². The average molecular weight is 417 g/mol. The number of benzene rings is 2. The summed E-state index contributed by atoms with van der Waals surface area (Å²) in [5, 5.41) is 4.65. The van der Waals surface area contributed by atoms with Gasteiger partial charge in [0.25, 0.3) is 5.91 Å². The maximum absolute atomic E-state index is 12.4. The number of nitrogens with zero attached hydrogens (tertiary/aromatic N) is 1. The number of pyridine rings is 1. The van der Waals surface area contributed by atoms with Gasteiger partial charge in [-0.1, -0.05) is 53.5 Å². The Morgan fingerprint density at radius 2 is 1.79 bits per heavy atom. The van der Waals surface area contributed by atoms with Gasteiger partial charge in [-0.25, -0.2) is 9.78 Å². The molecule has 3 aromatic rings. The van der Waals surface area contributed by atoms with Crippen LogP contribution in [0.15, 0.2) is 54.6 Å². The van der Waals surface area contributed by atoms with Gasteiger partial charge < -0.3 is 10.1 Å². The van der Waals surface area contributed by atoms with Gasteiger partial charge in [-0.3, -0.25) is 4.79 Å². The minimum absolute atomic E-state index is 0.146. The molecule has 1 aromatic heterocycles. The molecular formula is C21H18Cl2N2O3. The van der Waals surface area contributed by atoms with Crippen LogP contribution >= 0.6 is 23.2 Å². The third kappa shape index (κ3) is 4.61. The second kappa shape index (κ2) is 8.59. The number of hydrogen-bond acceptors (Lipinski definition) is 4. The first kappa shape index (κ1) is 20.1. The van der Waals surface area contributed by atoms with Crippen LogP contribution in [0.4, 0.5) is 0 Å². The number of rotatable bonds is 5. The molecule has 3 rings (SSSR count). The molecule has 7 heteroatoms. The fourth-order valence-corrected chi connectivity index (χ4v) is 3.29. The van der Waals surface area contributed by atoms with Crippen LogP contribution in [0.2, 0.25) is 10.0 Å². The van der Waals surface area contributed by atoms with Gasteiger partial charge >= 0.3 is 5.97 Å². The lowest BCUT2D eigenvalue weighted by molar-refractivity contribution is -0.129. The highest BCUT2D eigenvalue weighted by molar-refractivity contribution is 6.35. The van der Waals surface area contributed by atoms with Crippen molar-refractivity contribution < 1.29 is 14.3 Å². The molecule has 0 spiro atoms. The summed E-state index contributed by atoms with van der Waals surface area (Å²) >= 11 is 12.1. The topological polar surface area (TPSA) is 68.3 Å². The lowest BCUT2D eigenvalue weighted by atomic mass is 10.1. The Morgan fingerprint density at radius 1 is 1.04 bits per heavy atom. The molecule has 0 aliphatic rings. The summed E-state index contributed by atoms with van der Waals surface area (Å²) < 4.78 is 5.27. The van der Waals surface area contributed by atoms with Crippen molar-refractivity contribution in [1.82, 2.24) is 10.3 Å². The first-order valence-electron chi connectivity index (χ1n) is 8.67. The van der Waals surface area contributed by atoms with Crippen LogP contribution in [0.25, 0.3) is 10.9 Å². The zero-order valence-corrected chi connectivity index (χ0v) is 16.8. The highest BCUT2D eigenvalue weighted by Crippen LogP contribution is 2.26. The van der Waals surface area contributed by atoms with E-state index in [4.69, 9.17) is 27.9 Å². The number of esters is 1. The van der Waals surface area contributed by atoms with Crippen LogP contribution in [0.5, 0.6) is 0 Å². The van der Waals surface area contributed by atoms with Crippen molar-refractivity contribution in [3.05, 3.63) is 75.9 Å². The fraction of sp³-hybridized carbons (Fsp3) is 0.190. The van der Waals surface area contributed by atoms with E-state index in [2.05, 4.69) is 10.3 Å². The van der Waals surface area contributed by atoms with E-state index in [1.807, 2.05) is 18.2 Å². The van der Waals surface area contributed by atoms with Crippen LogP contribution in [0.3, 0.4) is 0 Å². The summed E-state index contributed by atoms with van der Waals surface area (Å²) in [4.78, 5) is 29.0. The molecule has 0 bridgehead atoms. The average Bonchev–Trinajstić information content (AvgIpc) is 2.67. The molecule has 0 aliphatic carbocycles. The van der Waals surface area contributed by atoms with E-state index in [1.54, 1.807) is 43.3 Å². The molecule has 2 atom stereocenters. The maximum Gasteiger partial charge on any atom is 0.357 e. The number of hydrogen-bond donors (Lipinski definition) is 1. The smallest absolute Gasteiger partial charge is 0.357 e. The Bertz CT molecular complexity index is 1040. The third-order valence-corrected chi connectivity index (χ3v) is 4.81. The van der Waals surface area contributed by atoms with E-state index in [-0.39, 0.29) is 11.7 Å². The molecule has 28 heavy (non-hydrogen) atoms. The largest absolute Gasteiger partial charge is 0.448 e. The molecule has 2 aromatic carbocycles. The molecule has 5 nitrogen and oxygen atoms in total. The van der Waals surface area contributed by atoms with Crippen molar-refractivity contribution in [2.24, 2.45) is 0 Å². The van der Waals surface area contributed by atoms with Crippen molar-refractivity contribution >= 4 is 46.0 Å². The second-order valence-electron chi connectivity index (χ2n) is 6.33. The van der Waals surface area contributed by atoms with Gasteiger partial charge in [0, 0.05) is 15.4 Å². The number of aromatic nitrogens is 1. The lowest BCUT2D eigenvalue weighted by Gasteiger charge is -2.19.